The molecule has 0 aliphatic carbocycles. The molecule has 1 aromatic carbocycles. The van der Waals surface area contributed by atoms with Crippen LogP contribution in [0.25, 0.3) is 10.9 Å². The molecule has 2 aromatic heterocycles. The van der Waals surface area contributed by atoms with Crippen LogP contribution in [0.1, 0.15) is 29.0 Å². The summed E-state index contributed by atoms with van der Waals surface area (Å²) in [5, 5.41) is 1.17. The van der Waals surface area contributed by atoms with Gasteiger partial charge in [0.1, 0.15) is 0 Å². The molecule has 1 amide bonds. The number of rotatable bonds is 3. The molecule has 1 atom stereocenters. The normalized spacial score (nSPS) is 17.6. The Labute approximate surface area is 146 Å². The number of amides is 1. The highest BCUT2D eigenvalue weighted by Gasteiger charge is 2.26. The average molecular weight is 332 g/mol. The van der Waals surface area contributed by atoms with Crippen molar-refractivity contribution in [3.63, 3.8) is 0 Å². The number of fused-ring (bicyclic) bond motifs is 1. The number of pyridine rings is 1. The molecule has 5 nitrogen and oxygen atoms in total. The van der Waals surface area contributed by atoms with Crippen molar-refractivity contribution >= 4 is 16.8 Å². The molecule has 0 spiro atoms. The zero-order chi connectivity index (χ0) is 17.1. The van der Waals surface area contributed by atoms with Gasteiger partial charge in [0, 0.05) is 37.1 Å². The second-order valence-electron chi connectivity index (χ2n) is 6.57. The predicted molar refractivity (Wildman–Crippen MR) is 96.1 cm³/mol. The molecule has 3 heterocycles. The van der Waals surface area contributed by atoms with Crippen molar-refractivity contribution in [1.29, 1.82) is 0 Å². The lowest BCUT2D eigenvalue weighted by atomic mass is 9.91. The fraction of sp³-hybridized carbons (Fsp3) is 0.300. The minimum atomic E-state index is -0.0677. The van der Waals surface area contributed by atoms with Gasteiger partial charge in [-0.25, -0.2) is 9.97 Å². The molecular formula is C20H20N4O. The fourth-order valence-corrected chi connectivity index (χ4v) is 3.53. The molecule has 1 saturated heterocycles. The van der Waals surface area contributed by atoms with Crippen molar-refractivity contribution in [1.82, 2.24) is 19.9 Å². The first kappa shape index (κ1) is 15.7. The van der Waals surface area contributed by atoms with Gasteiger partial charge >= 0.3 is 0 Å². The lowest BCUT2D eigenvalue weighted by Gasteiger charge is -2.32. The molecule has 0 N–H and O–H groups in total. The van der Waals surface area contributed by atoms with E-state index in [1.807, 2.05) is 29.3 Å². The molecule has 0 unspecified atom stereocenters. The lowest BCUT2D eigenvalue weighted by molar-refractivity contribution is 0.0661. The molecule has 0 bridgehead atoms. The molecule has 1 aliphatic rings. The SMILES string of the molecule is O=C(c1ncccn1)N1CCC[C@H](Cc2cnc3ccccc3c2)C1. The van der Waals surface area contributed by atoms with E-state index in [-0.39, 0.29) is 11.7 Å². The van der Waals surface area contributed by atoms with E-state index in [1.54, 1.807) is 18.5 Å². The van der Waals surface area contributed by atoms with Crippen LogP contribution in [0.5, 0.6) is 0 Å². The largest absolute Gasteiger partial charge is 0.336 e. The minimum Gasteiger partial charge on any atom is -0.336 e. The van der Waals surface area contributed by atoms with Crippen molar-refractivity contribution in [3.8, 4) is 0 Å². The van der Waals surface area contributed by atoms with E-state index in [4.69, 9.17) is 0 Å². The molecule has 0 radical (unpaired) electrons. The molecule has 126 valence electrons. The summed E-state index contributed by atoms with van der Waals surface area (Å²) >= 11 is 0. The maximum atomic E-state index is 12.6. The third-order valence-corrected chi connectivity index (χ3v) is 4.73. The predicted octanol–water partition coefficient (Wildman–Crippen LogP) is 3.12. The maximum absolute atomic E-state index is 12.6. The number of benzene rings is 1. The van der Waals surface area contributed by atoms with Crippen LogP contribution in [0.4, 0.5) is 0 Å². The Morgan fingerprint density at radius 1 is 1.12 bits per heavy atom. The van der Waals surface area contributed by atoms with Crippen LogP contribution in [0, 0.1) is 5.92 Å². The quantitative estimate of drug-likeness (QED) is 0.739. The fourth-order valence-electron chi connectivity index (χ4n) is 3.53. The highest BCUT2D eigenvalue weighted by Crippen LogP contribution is 2.23. The number of piperidine rings is 1. The summed E-state index contributed by atoms with van der Waals surface area (Å²) in [4.78, 5) is 27.2. The van der Waals surface area contributed by atoms with E-state index in [9.17, 15) is 4.79 Å². The summed E-state index contributed by atoms with van der Waals surface area (Å²) < 4.78 is 0. The summed E-state index contributed by atoms with van der Waals surface area (Å²) in [6, 6.07) is 12.1. The van der Waals surface area contributed by atoms with Gasteiger partial charge in [-0.2, -0.15) is 0 Å². The zero-order valence-electron chi connectivity index (χ0n) is 14.0. The highest BCUT2D eigenvalue weighted by atomic mass is 16.2. The second kappa shape index (κ2) is 6.97. The summed E-state index contributed by atoms with van der Waals surface area (Å²) in [7, 11) is 0. The lowest BCUT2D eigenvalue weighted by Crippen LogP contribution is -2.41. The van der Waals surface area contributed by atoms with Gasteiger partial charge in [-0.1, -0.05) is 18.2 Å². The zero-order valence-corrected chi connectivity index (χ0v) is 14.0. The minimum absolute atomic E-state index is 0.0677. The van der Waals surface area contributed by atoms with Crippen LogP contribution >= 0.6 is 0 Å². The Balaban J connectivity index is 1.46. The van der Waals surface area contributed by atoms with E-state index in [1.165, 1.54) is 10.9 Å². The monoisotopic (exact) mass is 332 g/mol. The third kappa shape index (κ3) is 3.50. The number of likely N-dealkylation sites (tertiary alicyclic amines) is 1. The van der Waals surface area contributed by atoms with E-state index >= 15 is 0 Å². The summed E-state index contributed by atoms with van der Waals surface area (Å²) in [6.07, 6.45) is 8.28. The van der Waals surface area contributed by atoms with Crippen LogP contribution in [0.15, 0.2) is 55.0 Å². The van der Waals surface area contributed by atoms with E-state index in [0.717, 1.165) is 37.9 Å². The third-order valence-electron chi connectivity index (χ3n) is 4.73. The molecule has 5 heteroatoms. The van der Waals surface area contributed by atoms with Crippen molar-refractivity contribution in [2.75, 3.05) is 13.1 Å². The van der Waals surface area contributed by atoms with Crippen LogP contribution in [-0.2, 0) is 6.42 Å². The second-order valence-corrected chi connectivity index (χ2v) is 6.57. The van der Waals surface area contributed by atoms with Gasteiger partial charge in [-0.05, 0) is 48.9 Å². The number of nitrogens with zero attached hydrogens (tertiary/aromatic N) is 4. The van der Waals surface area contributed by atoms with E-state index < -0.39 is 0 Å². The smallest absolute Gasteiger partial charge is 0.291 e. The molecule has 25 heavy (non-hydrogen) atoms. The van der Waals surface area contributed by atoms with Crippen LogP contribution < -0.4 is 0 Å². The Bertz CT molecular complexity index is 881. The Kier molecular flexibility index (Phi) is 4.37. The Hall–Kier alpha value is -2.82. The van der Waals surface area contributed by atoms with Crippen LogP contribution in [0.3, 0.4) is 0 Å². The molecule has 1 aliphatic heterocycles. The van der Waals surface area contributed by atoms with Gasteiger partial charge in [-0.15, -0.1) is 0 Å². The number of hydrogen-bond donors (Lipinski definition) is 0. The molecule has 1 fully saturated rings. The number of carbonyl (C=O) groups is 1. The number of aromatic nitrogens is 3. The van der Waals surface area contributed by atoms with Crippen molar-refractivity contribution in [2.24, 2.45) is 5.92 Å². The first-order valence-electron chi connectivity index (χ1n) is 8.69. The van der Waals surface area contributed by atoms with Crippen LogP contribution in [0.2, 0.25) is 0 Å². The standard InChI is InChI=1S/C20H20N4O/c25-20(19-21-8-4-9-22-19)24-10-3-5-15(14-24)11-16-12-17-6-1-2-7-18(17)23-13-16/h1-2,4,6-9,12-13,15H,3,5,10-11,14H2/t15-/m1/s1. The first-order chi connectivity index (χ1) is 12.3. The van der Waals surface area contributed by atoms with E-state index in [2.05, 4.69) is 27.1 Å². The summed E-state index contributed by atoms with van der Waals surface area (Å²) in [6.45, 7) is 1.54. The van der Waals surface area contributed by atoms with Crippen molar-refractivity contribution in [2.45, 2.75) is 19.3 Å². The summed E-state index contributed by atoms with van der Waals surface area (Å²) in [5.41, 5.74) is 2.25. The molecule has 3 aromatic rings. The average Bonchev–Trinajstić information content (AvgIpc) is 2.68. The van der Waals surface area contributed by atoms with Gasteiger partial charge in [0.05, 0.1) is 5.52 Å². The van der Waals surface area contributed by atoms with Gasteiger partial charge < -0.3 is 4.90 Å². The van der Waals surface area contributed by atoms with Gasteiger partial charge in [0.15, 0.2) is 0 Å². The van der Waals surface area contributed by atoms with Gasteiger partial charge in [0.25, 0.3) is 5.91 Å². The molecule has 4 rings (SSSR count). The maximum Gasteiger partial charge on any atom is 0.291 e. The number of hydrogen-bond acceptors (Lipinski definition) is 4. The Morgan fingerprint density at radius 3 is 2.84 bits per heavy atom. The topological polar surface area (TPSA) is 59.0 Å². The highest BCUT2D eigenvalue weighted by molar-refractivity contribution is 5.90. The van der Waals surface area contributed by atoms with Crippen molar-refractivity contribution < 1.29 is 4.79 Å². The van der Waals surface area contributed by atoms with Gasteiger partial charge in [0.2, 0.25) is 5.82 Å². The number of para-hydroxylation sites is 1. The van der Waals surface area contributed by atoms with Gasteiger partial charge in [-0.3, -0.25) is 9.78 Å². The first-order valence-corrected chi connectivity index (χ1v) is 8.69. The van der Waals surface area contributed by atoms with Crippen LogP contribution in [-0.4, -0.2) is 38.8 Å². The van der Waals surface area contributed by atoms with E-state index in [0.29, 0.717) is 5.92 Å². The van der Waals surface area contributed by atoms with Crippen molar-refractivity contribution in [3.05, 3.63) is 66.4 Å². The number of carbonyl (C=O) groups excluding carboxylic acids is 1. The summed E-state index contributed by atoms with van der Waals surface area (Å²) in [5.74, 6) is 0.668. The Morgan fingerprint density at radius 2 is 1.96 bits per heavy atom. The molecular weight excluding hydrogens is 312 g/mol. The molecule has 0 saturated carbocycles.